The molecule has 1 atom stereocenters. The molecule has 0 aliphatic carbocycles. The molecule has 6 nitrogen and oxygen atoms in total. The summed E-state index contributed by atoms with van der Waals surface area (Å²) in [5.74, 6) is 0.0223. The van der Waals surface area contributed by atoms with Crippen molar-refractivity contribution >= 4 is 12.1 Å². The number of carbonyl (C=O) groups is 2. The number of rotatable bonds is 7. The van der Waals surface area contributed by atoms with Crippen molar-refractivity contribution in [2.24, 2.45) is 0 Å². The standard InChI is InChI=1S/C23H21NO5/c1-23(21(25)26,24-22(27)28-16-17-8-4-2-5-9-17)18-12-14-20(15-13-18)29-19-10-6-3-7-11-19/h2-15H,16H2,1H3,(H,24,27)(H,25,26). The number of aliphatic carboxylic acids is 1. The van der Waals surface area contributed by atoms with E-state index in [9.17, 15) is 14.7 Å². The van der Waals surface area contributed by atoms with Crippen molar-refractivity contribution in [3.8, 4) is 11.5 Å². The van der Waals surface area contributed by atoms with Gasteiger partial charge in [0.05, 0.1) is 0 Å². The number of hydrogen-bond acceptors (Lipinski definition) is 4. The Morgan fingerprint density at radius 1 is 0.862 bits per heavy atom. The minimum Gasteiger partial charge on any atom is -0.479 e. The molecular formula is C23H21NO5. The average molecular weight is 391 g/mol. The number of carboxylic acids is 1. The van der Waals surface area contributed by atoms with Gasteiger partial charge in [-0.2, -0.15) is 0 Å². The first-order valence-electron chi connectivity index (χ1n) is 9.03. The van der Waals surface area contributed by atoms with Gasteiger partial charge < -0.3 is 19.9 Å². The van der Waals surface area contributed by atoms with E-state index in [2.05, 4.69) is 5.32 Å². The molecule has 0 aliphatic rings. The summed E-state index contributed by atoms with van der Waals surface area (Å²) in [5.41, 5.74) is -0.455. The second kappa shape index (κ2) is 8.93. The first kappa shape index (κ1) is 19.9. The summed E-state index contributed by atoms with van der Waals surface area (Å²) in [4.78, 5) is 24.1. The van der Waals surface area contributed by atoms with Gasteiger partial charge in [-0.15, -0.1) is 0 Å². The zero-order chi connectivity index (χ0) is 20.7. The Morgan fingerprint density at radius 3 is 2.00 bits per heavy atom. The number of benzene rings is 3. The quantitative estimate of drug-likeness (QED) is 0.610. The summed E-state index contributed by atoms with van der Waals surface area (Å²) in [6.45, 7) is 1.46. The minimum atomic E-state index is -1.65. The topological polar surface area (TPSA) is 84.9 Å². The van der Waals surface area contributed by atoms with E-state index in [1.165, 1.54) is 6.92 Å². The maximum absolute atomic E-state index is 12.2. The van der Waals surface area contributed by atoms with Crippen LogP contribution in [0.1, 0.15) is 18.1 Å². The molecule has 148 valence electrons. The highest BCUT2D eigenvalue weighted by atomic mass is 16.5. The molecule has 0 aromatic heterocycles. The summed E-state index contributed by atoms with van der Waals surface area (Å²) in [5, 5.41) is 12.2. The molecule has 3 rings (SSSR count). The molecule has 6 heteroatoms. The molecule has 0 saturated carbocycles. The van der Waals surface area contributed by atoms with Crippen LogP contribution in [-0.2, 0) is 21.7 Å². The first-order chi connectivity index (χ1) is 14.0. The minimum absolute atomic E-state index is 0.0478. The molecule has 29 heavy (non-hydrogen) atoms. The van der Waals surface area contributed by atoms with Crippen LogP contribution in [-0.4, -0.2) is 17.2 Å². The second-order valence-corrected chi connectivity index (χ2v) is 6.56. The Hall–Kier alpha value is -3.80. The lowest BCUT2D eigenvalue weighted by Crippen LogP contribution is -2.49. The van der Waals surface area contributed by atoms with Crippen molar-refractivity contribution in [3.05, 3.63) is 96.1 Å². The molecular weight excluding hydrogens is 370 g/mol. The molecule has 0 bridgehead atoms. The number of carbonyl (C=O) groups excluding carboxylic acids is 1. The van der Waals surface area contributed by atoms with Gasteiger partial charge in [0.1, 0.15) is 18.1 Å². The number of alkyl carbamates (subject to hydrolysis) is 1. The molecule has 1 amide bonds. The van der Waals surface area contributed by atoms with Crippen molar-refractivity contribution in [1.29, 1.82) is 0 Å². The molecule has 2 N–H and O–H groups in total. The Morgan fingerprint density at radius 2 is 1.41 bits per heavy atom. The Labute approximate surface area is 168 Å². The third kappa shape index (κ3) is 5.13. The van der Waals surface area contributed by atoms with Gasteiger partial charge in [0.25, 0.3) is 0 Å². The predicted molar refractivity (Wildman–Crippen MR) is 108 cm³/mol. The SMILES string of the molecule is CC(NC(=O)OCc1ccccc1)(C(=O)O)c1ccc(Oc2ccccc2)cc1. The number of carboxylic acid groups (broad SMARTS) is 1. The number of amides is 1. The van der Waals surface area contributed by atoms with Crippen LogP contribution in [0.3, 0.4) is 0 Å². The second-order valence-electron chi connectivity index (χ2n) is 6.56. The van der Waals surface area contributed by atoms with Crippen LogP contribution in [0, 0.1) is 0 Å². The van der Waals surface area contributed by atoms with E-state index in [1.807, 2.05) is 60.7 Å². The van der Waals surface area contributed by atoms with E-state index < -0.39 is 17.6 Å². The van der Waals surface area contributed by atoms with Crippen molar-refractivity contribution < 1.29 is 24.2 Å². The smallest absolute Gasteiger partial charge is 0.408 e. The van der Waals surface area contributed by atoms with Crippen molar-refractivity contribution in [2.75, 3.05) is 0 Å². The number of ether oxygens (including phenoxy) is 2. The molecule has 0 saturated heterocycles. The lowest BCUT2D eigenvalue weighted by molar-refractivity contribution is -0.144. The van der Waals surface area contributed by atoms with E-state index in [4.69, 9.17) is 9.47 Å². The van der Waals surface area contributed by atoms with E-state index in [1.54, 1.807) is 24.3 Å². The van der Waals surface area contributed by atoms with Gasteiger partial charge in [-0.25, -0.2) is 9.59 Å². The maximum Gasteiger partial charge on any atom is 0.408 e. The van der Waals surface area contributed by atoms with Gasteiger partial charge in [-0.1, -0.05) is 60.7 Å². The third-order valence-electron chi connectivity index (χ3n) is 4.40. The lowest BCUT2D eigenvalue weighted by atomic mass is 9.92. The molecule has 1 unspecified atom stereocenters. The Kier molecular flexibility index (Phi) is 6.14. The summed E-state index contributed by atoms with van der Waals surface area (Å²) >= 11 is 0. The van der Waals surface area contributed by atoms with Crippen molar-refractivity contribution in [1.82, 2.24) is 5.32 Å². The van der Waals surface area contributed by atoms with Gasteiger partial charge in [-0.3, -0.25) is 0 Å². The fourth-order valence-corrected chi connectivity index (χ4v) is 2.69. The maximum atomic E-state index is 12.2. The highest BCUT2D eigenvalue weighted by Crippen LogP contribution is 2.26. The summed E-state index contributed by atoms with van der Waals surface area (Å²) in [6.07, 6.45) is -0.816. The molecule has 0 heterocycles. The van der Waals surface area contributed by atoms with E-state index in [0.717, 1.165) is 5.56 Å². The molecule has 0 aliphatic heterocycles. The summed E-state index contributed by atoms with van der Waals surface area (Å²) in [6, 6.07) is 24.9. The van der Waals surface area contributed by atoms with E-state index in [-0.39, 0.29) is 6.61 Å². The van der Waals surface area contributed by atoms with Crippen molar-refractivity contribution in [2.45, 2.75) is 19.1 Å². The molecule has 0 spiro atoms. The first-order valence-corrected chi connectivity index (χ1v) is 9.03. The van der Waals surface area contributed by atoms with Crippen molar-refractivity contribution in [3.63, 3.8) is 0 Å². The molecule has 3 aromatic rings. The van der Waals surface area contributed by atoms with Gasteiger partial charge in [-0.05, 0) is 42.3 Å². The van der Waals surface area contributed by atoms with Crippen LogP contribution in [0.15, 0.2) is 84.9 Å². The zero-order valence-corrected chi connectivity index (χ0v) is 15.9. The van der Waals surface area contributed by atoms with Gasteiger partial charge in [0.2, 0.25) is 0 Å². The summed E-state index contributed by atoms with van der Waals surface area (Å²) < 4.78 is 10.9. The van der Waals surface area contributed by atoms with Crippen LogP contribution >= 0.6 is 0 Å². The van der Waals surface area contributed by atoms with E-state index >= 15 is 0 Å². The average Bonchev–Trinajstić information content (AvgIpc) is 2.74. The van der Waals surface area contributed by atoms with Crippen LogP contribution in [0.4, 0.5) is 4.79 Å². The molecule has 0 radical (unpaired) electrons. The Bertz CT molecular complexity index is 958. The molecule has 0 fully saturated rings. The van der Waals surface area contributed by atoms with Gasteiger partial charge in [0, 0.05) is 0 Å². The normalized spacial score (nSPS) is 12.4. The van der Waals surface area contributed by atoms with Crippen LogP contribution in [0.2, 0.25) is 0 Å². The zero-order valence-electron chi connectivity index (χ0n) is 15.9. The number of para-hydroxylation sites is 1. The number of nitrogens with one attached hydrogen (secondary N) is 1. The summed E-state index contributed by atoms with van der Waals surface area (Å²) in [7, 11) is 0. The van der Waals surface area contributed by atoms with Gasteiger partial charge in [0.15, 0.2) is 5.54 Å². The lowest BCUT2D eigenvalue weighted by Gasteiger charge is -2.26. The third-order valence-corrected chi connectivity index (χ3v) is 4.40. The largest absolute Gasteiger partial charge is 0.479 e. The fraction of sp³-hybridized carbons (Fsp3) is 0.130. The van der Waals surface area contributed by atoms with Crippen LogP contribution < -0.4 is 10.1 Å². The molecule has 3 aromatic carbocycles. The van der Waals surface area contributed by atoms with Crippen LogP contribution in [0.5, 0.6) is 11.5 Å². The fourth-order valence-electron chi connectivity index (χ4n) is 2.69. The van der Waals surface area contributed by atoms with E-state index in [0.29, 0.717) is 17.1 Å². The highest BCUT2D eigenvalue weighted by Gasteiger charge is 2.37. The van der Waals surface area contributed by atoms with Crippen LogP contribution in [0.25, 0.3) is 0 Å². The predicted octanol–water partition coefficient (Wildman–Crippen LogP) is 4.71. The van der Waals surface area contributed by atoms with Gasteiger partial charge >= 0.3 is 12.1 Å². The Balaban J connectivity index is 1.68. The highest BCUT2D eigenvalue weighted by molar-refractivity contribution is 5.85. The number of hydrogen-bond donors (Lipinski definition) is 2. The monoisotopic (exact) mass is 391 g/mol.